The van der Waals surface area contributed by atoms with Crippen LogP contribution in [0.15, 0.2) is 24.3 Å². The molecule has 25 heavy (non-hydrogen) atoms. The lowest BCUT2D eigenvalue weighted by Crippen LogP contribution is -2.44. The lowest BCUT2D eigenvalue weighted by molar-refractivity contribution is -0.141. The van der Waals surface area contributed by atoms with Crippen LogP contribution < -0.4 is 0 Å². The summed E-state index contributed by atoms with van der Waals surface area (Å²) in [6.07, 6.45) is 1.96. The highest BCUT2D eigenvalue weighted by atomic mass is 19.1. The Bertz CT molecular complexity index is 813. The van der Waals surface area contributed by atoms with Crippen LogP contribution in [0.1, 0.15) is 35.8 Å². The Balaban J connectivity index is 1.74. The van der Waals surface area contributed by atoms with Gasteiger partial charge in [-0.25, -0.2) is 9.07 Å². The maximum absolute atomic E-state index is 14.2. The Morgan fingerprint density at radius 1 is 1.28 bits per heavy atom. The van der Waals surface area contributed by atoms with Crippen LogP contribution in [0, 0.1) is 25.6 Å². The van der Waals surface area contributed by atoms with Crippen LogP contribution >= 0.6 is 0 Å². The molecule has 132 valence electrons. The standard InChI is InChI=1S/C19H22FN3O2/c1-12-18(13(2)23(21-12)16-6-4-3-5-15(16)20)17-11-25-10-9-22(17)19(24)14-7-8-14/h3-6,14,17H,7-11H2,1-2H3. The summed E-state index contributed by atoms with van der Waals surface area (Å²) in [6, 6.07) is 6.45. The number of morpholine rings is 1. The molecule has 1 aromatic heterocycles. The summed E-state index contributed by atoms with van der Waals surface area (Å²) in [4.78, 5) is 14.6. The number of hydrogen-bond acceptors (Lipinski definition) is 3. The van der Waals surface area contributed by atoms with Crippen molar-refractivity contribution in [1.29, 1.82) is 0 Å². The Labute approximate surface area is 146 Å². The Morgan fingerprint density at radius 2 is 2.04 bits per heavy atom. The number of para-hydroxylation sites is 1. The van der Waals surface area contributed by atoms with Crippen molar-refractivity contribution in [2.24, 2.45) is 5.92 Å². The predicted molar refractivity (Wildman–Crippen MR) is 91.0 cm³/mol. The molecule has 1 saturated carbocycles. The monoisotopic (exact) mass is 343 g/mol. The van der Waals surface area contributed by atoms with Crippen molar-refractivity contribution in [3.63, 3.8) is 0 Å². The third-order valence-corrected chi connectivity index (χ3v) is 5.10. The predicted octanol–water partition coefficient (Wildman–Crippen LogP) is 2.94. The molecule has 1 amide bonds. The van der Waals surface area contributed by atoms with E-state index in [1.807, 2.05) is 18.7 Å². The summed E-state index contributed by atoms with van der Waals surface area (Å²) in [6.45, 7) is 5.46. The molecule has 0 spiro atoms. The molecule has 0 radical (unpaired) electrons. The molecule has 1 atom stereocenters. The zero-order valence-corrected chi connectivity index (χ0v) is 14.5. The molecule has 0 N–H and O–H groups in total. The minimum atomic E-state index is -0.314. The molecular formula is C19H22FN3O2. The maximum atomic E-state index is 14.2. The van der Waals surface area contributed by atoms with E-state index in [0.717, 1.165) is 29.8 Å². The van der Waals surface area contributed by atoms with Crippen molar-refractivity contribution in [1.82, 2.24) is 14.7 Å². The van der Waals surface area contributed by atoms with Gasteiger partial charge in [0, 0.05) is 23.7 Å². The van der Waals surface area contributed by atoms with E-state index in [1.165, 1.54) is 6.07 Å². The van der Waals surface area contributed by atoms with Crippen LogP contribution in [-0.4, -0.2) is 40.3 Å². The van der Waals surface area contributed by atoms with Gasteiger partial charge in [-0.3, -0.25) is 4.79 Å². The highest BCUT2D eigenvalue weighted by Crippen LogP contribution is 2.37. The highest BCUT2D eigenvalue weighted by Gasteiger charge is 2.39. The summed E-state index contributed by atoms with van der Waals surface area (Å²) in [5.74, 6) is 0.0685. The Kier molecular flexibility index (Phi) is 4.07. The fraction of sp³-hybridized carbons (Fsp3) is 0.474. The van der Waals surface area contributed by atoms with Crippen molar-refractivity contribution in [2.75, 3.05) is 19.8 Å². The minimum absolute atomic E-state index is 0.151. The van der Waals surface area contributed by atoms with E-state index in [-0.39, 0.29) is 23.7 Å². The molecule has 2 aliphatic rings. The van der Waals surface area contributed by atoms with E-state index < -0.39 is 0 Å². The first-order chi connectivity index (χ1) is 12.1. The van der Waals surface area contributed by atoms with Crippen LogP contribution in [0.2, 0.25) is 0 Å². The zero-order valence-electron chi connectivity index (χ0n) is 14.5. The Hall–Kier alpha value is -2.21. The molecule has 1 aromatic carbocycles. The van der Waals surface area contributed by atoms with Crippen LogP contribution in [0.5, 0.6) is 0 Å². The number of benzene rings is 1. The van der Waals surface area contributed by atoms with E-state index in [0.29, 0.717) is 25.4 Å². The van der Waals surface area contributed by atoms with E-state index in [2.05, 4.69) is 5.10 Å². The number of aryl methyl sites for hydroxylation is 1. The second-order valence-electron chi connectivity index (χ2n) is 6.84. The van der Waals surface area contributed by atoms with Gasteiger partial charge in [-0.1, -0.05) is 12.1 Å². The number of carbonyl (C=O) groups excluding carboxylic acids is 1. The van der Waals surface area contributed by atoms with E-state index >= 15 is 0 Å². The molecule has 1 aliphatic heterocycles. The van der Waals surface area contributed by atoms with Gasteiger partial charge in [-0.2, -0.15) is 5.10 Å². The van der Waals surface area contributed by atoms with Crippen molar-refractivity contribution in [3.8, 4) is 5.69 Å². The van der Waals surface area contributed by atoms with Crippen molar-refractivity contribution >= 4 is 5.91 Å². The van der Waals surface area contributed by atoms with E-state index in [9.17, 15) is 9.18 Å². The number of nitrogens with zero attached hydrogens (tertiary/aromatic N) is 3. The second-order valence-corrected chi connectivity index (χ2v) is 6.84. The van der Waals surface area contributed by atoms with Crippen LogP contribution in [-0.2, 0) is 9.53 Å². The van der Waals surface area contributed by atoms with Crippen LogP contribution in [0.3, 0.4) is 0 Å². The largest absolute Gasteiger partial charge is 0.377 e. The van der Waals surface area contributed by atoms with Crippen molar-refractivity contribution in [2.45, 2.75) is 32.7 Å². The molecule has 1 aliphatic carbocycles. The molecule has 6 heteroatoms. The Morgan fingerprint density at radius 3 is 2.76 bits per heavy atom. The van der Waals surface area contributed by atoms with Gasteiger partial charge in [-0.05, 0) is 38.8 Å². The van der Waals surface area contributed by atoms with E-state index in [1.54, 1.807) is 22.9 Å². The number of aromatic nitrogens is 2. The average molecular weight is 343 g/mol. The van der Waals surface area contributed by atoms with Crippen LogP contribution in [0.25, 0.3) is 5.69 Å². The molecule has 0 bridgehead atoms. The normalized spacial score (nSPS) is 20.8. The molecule has 5 nitrogen and oxygen atoms in total. The van der Waals surface area contributed by atoms with Gasteiger partial charge < -0.3 is 9.64 Å². The van der Waals surface area contributed by atoms with Gasteiger partial charge in [0.1, 0.15) is 11.5 Å². The third kappa shape index (κ3) is 2.84. The topological polar surface area (TPSA) is 47.4 Å². The molecular weight excluding hydrogens is 321 g/mol. The maximum Gasteiger partial charge on any atom is 0.226 e. The number of hydrogen-bond donors (Lipinski definition) is 0. The average Bonchev–Trinajstić information content (AvgIpc) is 3.41. The molecule has 2 heterocycles. The van der Waals surface area contributed by atoms with Gasteiger partial charge in [0.25, 0.3) is 0 Å². The quantitative estimate of drug-likeness (QED) is 0.861. The molecule has 4 rings (SSSR count). The van der Waals surface area contributed by atoms with Gasteiger partial charge >= 0.3 is 0 Å². The lowest BCUT2D eigenvalue weighted by atomic mass is 10.0. The minimum Gasteiger partial charge on any atom is -0.377 e. The van der Waals surface area contributed by atoms with Crippen molar-refractivity contribution in [3.05, 3.63) is 47.0 Å². The van der Waals surface area contributed by atoms with Gasteiger partial charge in [-0.15, -0.1) is 0 Å². The summed E-state index contributed by atoms with van der Waals surface area (Å²) < 4.78 is 21.5. The number of halogens is 1. The SMILES string of the molecule is Cc1nn(-c2ccccc2F)c(C)c1C1COCCN1C(=O)C1CC1. The molecule has 2 aromatic rings. The summed E-state index contributed by atoms with van der Waals surface area (Å²) in [5, 5.41) is 4.55. The summed E-state index contributed by atoms with van der Waals surface area (Å²) in [7, 11) is 0. The lowest BCUT2D eigenvalue weighted by Gasteiger charge is -2.36. The summed E-state index contributed by atoms with van der Waals surface area (Å²) in [5.41, 5.74) is 3.06. The van der Waals surface area contributed by atoms with Gasteiger partial charge in [0.15, 0.2) is 0 Å². The molecule has 1 saturated heterocycles. The fourth-order valence-electron chi connectivity index (χ4n) is 3.67. The zero-order chi connectivity index (χ0) is 17.6. The van der Waals surface area contributed by atoms with E-state index in [4.69, 9.17) is 4.74 Å². The first kappa shape index (κ1) is 16.3. The van der Waals surface area contributed by atoms with Gasteiger partial charge in [0.05, 0.1) is 24.9 Å². The van der Waals surface area contributed by atoms with Gasteiger partial charge in [0.2, 0.25) is 5.91 Å². The first-order valence-corrected chi connectivity index (χ1v) is 8.77. The van der Waals surface area contributed by atoms with Crippen LogP contribution in [0.4, 0.5) is 4.39 Å². The number of ether oxygens (including phenoxy) is 1. The molecule has 1 unspecified atom stereocenters. The molecule has 2 fully saturated rings. The first-order valence-electron chi connectivity index (χ1n) is 8.77. The fourth-order valence-corrected chi connectivity index (χ4v) is 3.67. The third-order valence-electron chi connectivity index (χ3n) is 5.10. The number of rotatable bonds is 3. The highest BCUT2D eigenvalue weighted by molar-refractivity contribution is 5.81. The second kappa shape index (κ2) is 6.26. The number of amides is 1. The summed E-state index contributed by atoms with van der Waals surface area (Å²) >= 11 is 0. The smallest absolute Gasteiger partial charge is 0.226 e. The number of carbonyl (C=O) groups is 1. The van der Waals surface area contributed by atoms with Crippen molar-refractivity contribution < 1.29 is 13.9 Å².